The van der Waals surface area contributed by atoms with Gasteiger partial charge in [0.25, 0.3) is 0 Å². The van der Waals surface area contributed by atoms with E-state index in [0.717, 1.165) is 17.1 Å². The van der Waals surface area contributed by atoms with Gasteiger partial charge in [-0.2, -0.15) is 0 Å². The number of carbonyl (C=O) groups is 1. The molecule has 1 aromatic rings. The Bertz CT molecular complexity index is 469. The molecular formula is C13H23N5OS. The first-order valence-corrected chi connectivity index (χ1v) is 7.52. The van der Waals surface area contributed by atoms with Gasteiger partial charge in [-0.05, 0) is 20.3 Å². The van der Waals surface area contributed by atoms with E-state index in [-0.39, 0.29) is 12.5 Å². The van der Waals surface area contributed by atoms with E-state index < -0.39 is 0 Å². The number of amides is 1. The number of carbonyl (C=O) groups excluding carboxylic acids is 1. The van der Waals surface area contributed by atoms with Crippen molar-refractivity contribution in [3.8, 4) is 0 Å². The van der Waals surface area contributed by atoms with Gasteiger partial charge in [0.15, 0.2) is 5.96 Å². The summed E-state index contributed by atoms with van der Waals surface area (Å²) in [5, 5.41) is 10.0. The first kappa shape index (κ1) is 16.4. The lowest BCUT2D eigenvalue weighted by atomic mass is 10.4. The van der Waals surface area contributed by atoms with Gasteiger partial charge in [-0.25, -0.2) is 4.98 Å². The molecule has 0 spiro atoms. The predicted octanol–water partition coefficient (Wildman–Crippen LogP) is 0.951. The molecule has 1 heterocycles. The van der Waals surface area contributed by atoms with Crippen molar-refractivity contribution >= 4 is 23.2 Å². The molecule has 0 unspecified atom stereocenters. The lowest BCUT2D eigenvalue weighted by molar-refractivity contribution is -0.120. The molecule has 20 heavy (non-hydrogen) atoms. The summed E-state index contributed by atoms with van der Waals surface area (Å²) < 4.78 is 0. The van der Waals surface area contributed by atoms with Crippen molar-refractivity contribution in [3.63, 3.8) is 0 Å². The molecule has 7 heteroatoms. The number of aromatic nitrogens is 1. The van der Waals surface area contributed by atoms with Crippen LogP contribution in [0, 0.1) is 13.8 Å². The van der Waals surface area contributed by atoms with Crippen LogP contribution in [0.4, 0.5) is 0 Å². The van der Waals surface area contributed by atoms with Crippen LogP contribution in [0.1, 0.15) is 28.9 Å². The van der Waals surface area contributed by atoms with E-state index in [1.54, 1.807) is 18.4 Å². The molecule has 0 saturated heterocycles. The van der Waals surface area contributed by atoms with E-state index in [0.29, 0.717) is 19.0 Å². The highest BCUT2D eigenvalue weighted by atomic mass is 32.1. The van der Waals surface area contributed by atoms with Gasteiger partial charge in [0, 0.05) is 18.5 Å². The summed E-state index contributed by atoms with van der Waals surface area (Å²) in [6.07, 6.45) is 0.933. The van der Waals surface area contributed by atoms with Gasteiger partial charge in [0.1, 0.15) is 0 Å². The Balaban J connectivity index is 2.37. The SMILES string of the molecule is CCCNC(=O)CNC(=NC)NCc1sc(C)nc1C. The van der Waals surface area contributed by atoms with E-state index >= 15 is 0 Å². The third-order valence-corrected chi connectivity index (χ3v) is 3.70. The van der Waals surface area contributed by atoms with Crippen molar-refractivity contribution in [2.24, 2.45) is 4.99 Å². The molecule has 0 aliphatic rings. The summed E-state index contributed by atoms with van der Waals surface area (Å²) in [5.74, 6) is 0.585. The van der Waals surface area contributed by atoms with Gasteiger partial charge < -0.3 is 16.0 Å². The van der Waals surface area contributed by atoms with Crippen LogP contribution in [-0.4, -0.2) is 37.0 Å². The number of hydrogen-bond acceptors (Lipinski definition) is 4. The Morgan fingerprint density at radius 2 is 2.05 bits per heavy atom. The minimum absolute atomic E-state index is 0.0281. The normalized spacial score (nSPS) is 11.3. The van der Waals surface area contributed by atoms with Crippen molar-refractivity contribution in [2.75, 3.05) is 20.1 Å². The third kappa shape index (κ3) is 5.56. The highest BCUT2D eigenvalue weighted by Gasteiger charge is 2.06. The summed E-state index contributed by atoms with van der Waals surface area (Å²) in [6, 6.07) is 0. The molecule has 112 valence electrons. The number of rotatable bonds is 6. The summed E-state index contributed by atoms with van der Waals surface area (Å²) in [7, 11) is 1.68. The second-order valence-electron chi connectivity index (χ2n) is 4.37. The molecule has 0 atom stereocenters. The first-order chi connectivity index (χ1) is 9.56. The second kappa shape index (κ2) is 8.52. The smallest absolute Gasteiger partial charge is 0.239 e. The molecule has 0 aliphatic carbocycles. The largest absolute Gasteiger partial charge is 0.355 e. The monoisotopic (exact) mass is 297 g/mol. The maximum atomic E-state index is 11.5. The van der Waals surface area contributed by atoms with Crippen molar-refractivity contribution in [1.29, 1.82) is 0 Å². The Labute approximate surface area is 124 Å². The molecule has 1 amide bonds. The minimum Gasteiger partial charge on any atom is -0.355 e. The van der Waals surface area contributed by atoms with Crippen molar-refractivity contribution < 1.29 is 4.79 Å². The fourth-order valence-electron chi connectivity index (χ4n) is 1.61. The average molecular weight is 297 g/mol. The molecule has 1 rings (SSSR count). The summed E-state index contributed by atoms with van der Waals surface area (Å²) in [5.41, 5.74) is 1.04. The maximum Gasteiger partial charge on any atom is 0.239 e. The van der Waals surface area contributed by atoms with E-state index in [2.05, 4.69) is 25.9 Å². The van der Waals surface area contributed by atoms with Crippen LogP contribution >= 0.6 is 11.3 Å². The lowest BCUT2D eigenvalue weighted by Crippen LogP contribution is -2.43. The fourth-order valence-corrected chi connectivity index (χ4v) is 2.49. The molecule has 0 fully saturated rings. The average Bonchev–Trinajstić information content (AvgIpc) is 2.75. The van der Waals surface area contributed by atoms with Gasteiger partial charge in [-0.3, -0.25) is 9.79 Å². The van der Waals surface area contributed by atoms with E-state index in [1.807, 2.05) is 20.8 Å². The summed E-state index contributed by atoms with van der Waals surface area (Å²) in [6.45, 7) is 7.59. The van der Waals surface area contributed by atoms with Gasteiger partial charge in [0.2, 0.25) is 5.91 Å². The van der Waals surface area contributed by atoms with Crippen LogP contribution in [0.25, 0.3) is 0 Å². The molecule has 6 nitrogen and oxygen atoms in total. The van der Waals surface area contributed by atoms with Gasteiger partial charge >= 0.3 is 0 Å². The molecule has 0 bridgehead atoms. The number of aliphatic imine (C=N–C) groups is 1. The Hall–Kier alpha value is -1.63. The van der Waals surface area contributed by atoms with Crippen LogP contribution in [0.5, 0.6) is 0 Å². The number of nitrogens with zero attached hydrogens (tertiary/aromatic N) is 2. The van der Waals surface area contributed by atoms with Crippen LogP contribution in [0.2, 0.25) is 0 Å². The number of thiazole rings is 1. The van der Waals surface area contributed by atoms with Crippen LogP contribution in [0.15, 0.2) is 4.99 Å². The van der Waals surface area contributed by atoms with Gasteiger partial charge in [0.05, 0.1) is 23.8 Å². The van der Waals surface area contributed by atoms with Gasteiger partial charge in [-0.15, -0.1) is 11.3 Å². The van der Waals surface area contributed by atoms with E-state index in [4.69, 9.17) is 0 Å². The van der Waals surface area contributed by atoms with Crippen LogP contribution < -0.4 is 16.0 Å². The van der Waals surface area contributed by atoms with Crippen LogP contribution in [0.3, 0.4) is 0 Å². The molecule has 0 aliphatic heterocycles. The van der Waals surface area contributed by atoms with Crippen LogP contribution in [-0.2, 0) is 11.3 Å². The van der Waals surface area contributed by atoms with E-state index in [9.17, 15) is 4.79 Å². The van der Waals surface area contributed by atoms with Crippen molar-refractivity contribution in [1.82, 2.24) is 20.9 Å². The zero-order valence-electron chi connectivity index (χ0n) is 12.5. The topological polar surface area (TPSA) is 78.4 Å². The molecule has 0 aromatic carbocycles. The Kier molecular flexibility index (Phi) is 7.00. The molecule has 0 saturated carbocycles. The Morgan fingerprint density at radius 3 is 2.60 bits per heavy atom. The first-order valence-electron chi connectivity index (χ1n) is 6.71. The number of aryl methyl sites for hydroxylation is 2. The lowest BCUT2D eigenvalue weighted by Gasteiger charge is -2.11. The summed E-state index contributed by atoms with van der Waals surface area (Å²) >= 11 is 1.67. The van der Waals surface area contributed by atoms with E-state index in [1.165, 1.54) is 4.88 Å². The second-order valence-corrected chi connectivity index (χ2v) is 5.66. The van der Waals surface area contributed by atoms with Crippen molar-refractivity contribution in [2.45, 2.75) is 33.7 Å². The number of nitrogens with one attached hydrogen (secondary N) is 3. The highest BCUT2D eigenvalue weighted by molar-refractivity contribution is 7.11. The quantitative estimate of drug-likeness (QED) is 0.540. The summed E-state index contributed by atoms with van der Waals surface area (Å²) in [4.78, 5) is 21.1. The number of hydrogen-bond donors (Lipinski definition) is 3. The third-order valence-electron chi connectivity index (χ3n) is 2.63. The minimum atomic E-state index is -0.0281. The molecule has 1 aromatic heterocycles. The molecular weight excluding hydrogens is 274 g/mol. The zero-order chi connectivity index (χ0) is 15.0. The fraction of sp³-hybridized carbons (Fsp3) is 0.615. The van der Waals surface area contributed by atoms with Crippen molar-refractivity contribution in [3.05, 3.63) is 15.6 Å². The molecule has 3 N–H and O–H groups in total. The van der Waals surface area contributed by atoms with Gasteiger partial charge in [-0.1, -0.05) is 6.92 Å². The maximum absolute atomic E-state index is 11.5. The number of guanidine groups is 1. The molecule has 0 radical (unpaired) electrons. The highest BCUT2D eigenvalue weighted by Crippen LogP contribution is 2.16. The Morgan fingerprint density at radius 1 is 1.30 bits per heavy atom. The standard InChI is InChI=1S/C13H23N5OS/c1-5-6-15-12(19)8-17-13(14-4)16-7-11-9(2)18-10(3)20-11/h5-8H2,1-4H3,(H,15,19)(H2,14,16,17). The predicted molar refractivity (Wildman–Crippen MR) is 83.1 cm³/mol. The zero-order valence-corrected chi connectivity index (χ0v) is 13.4.